The van der Waals surface area contributed by atoms with E-state index < -0.39 is 21.4 Å². The maximum Gasteiger partial charge on any atom is 0.420 e. The van der Waals surface area contributed by atoms with Crippen LogP contribution in [0.3, 0.4) is 0 Å². The molecule has 0 spiro atoms. The molecule has 82 valence electrons. The van der Waals surface area contributed by atoms with Gasteiger partial charge in [-0.05, 0) is 12.8 Å². The van der Waals surface area contributed by atoms with Gasteiger partial charge in [0.05, 0.1) is 12.4 Å². The van der Waals surface area contributed by atoms with Crippen LogP contribution in [0.15, 0.2) is 0 Å². The summed E-state index contributed by atoms with van der Waals surface area (Å²) in [6.07, 6.45) is 3.25. The average Bonchev–Trinajstić information content (AvgIpc) is 2.18. The van der Waals surface area contributed by atoms with Gasteiger partial charge in [0, 0.05) is 0 Å². The van der Waals surface area contributed by atoms with Gasteiger partial charge in [0.1, 0.15) is 0 Å². The summed E-state index contributed by atoms with van der Waals surface area (Å²) in [4.78, 5) is 10.8. The fraction of sp³-hybridized carbons (Fsp3) is 0.875. The van der Waals surface area contributed by atoms with Crippen LogP contribution in [-0.4, -0.2) is 26.9 Å². The van der Waals surface area contributed by atoms with Crippen LogP contribution in [-0.2, 0) is 14.8 Å². The highest BCUT2D eigenvalue weighted by Crippen LogP contribution is 2.22. The number of hydrogen-bond donors (Lipinski definition) is 1. The minimum absolute atomic E-state index is 0.435. The quantitative estimate of drug-likeness (QED) is 0.755. The number of methoxy groups -OCH3 is 1. The molecule has 0 radical (unpaired) electrons. The number of hydrogen-bond acceptors (Lipinski definition) is 4. The second kappa shape index (κ2) is 4.63. The van der Waals surface area contributed by atoms with E-state index in [0.29, 0.717) is 12.8 Å². The van der Waals surface area contributed by atoms with Crippen molar-refractivity contribution in [2.45, 2.75) is 37.4 Å². The van der Waals surface area contributed by atoms with Crippen molar-refractivity contribution >= 4 is 16.1 Å². The number of rotatable bonds is 2. The zero-order valence-corrected chi connectivity index (χ0v) is 8.97. The second-order valence-corrected chi connectivity index (χ2v) is 5.36. The Labute approximate surface area is 83.9 Å². The molecule has 0 atom stereocenters. The van der Waals surface area contributed by atoms with Crippen LogP contribution in [0.5, 0.6) is 0 Å². The predicted molar refractivity (Wildman–Crippen MR) is 51.3 cm³/mol. The molecule has 0 unspecified atom stereocenters. The van der Waals surface area contributed by atoms with Crippen LogP contribution in [0.4, 0.5) is 4.79 Å². The Morgan fingerprint density at radius 3 is 2.36 bits per heavy atom. The van der Waals surface area contributed by atoms with E-state index in [1.807, 2.05) is 4.72 Å². The Bertz CT molecular complexity index is 292. The molecule has 14 heavy (non-hydrogen) atoms. The van der Waals surface area contributed by atoms with Crippen LogP contribution < -0.4 is 4.72 Å². The number of amides is 1. The van der Waals surface area contributed by atoms with E-state index in [0.717, 1.165) is 26.4 Å². The summed E-state index contributed by atoms with van der Waals surface area (Å²) in [5.41, 5.74) is 0. The molecule has 0 aromatic heterocycles. The van der Waals surface area contributed by atoms with Crippen molar-refractivity contribution in [3.05, 3.63) is 0 Å². The minimum atomic E-state index is -3.52. The molecule has 0 aliphatic heterocycles. The largest absolute Gasteiger partial charge is 0.452 e. The molecule has 0 bridgehead atoms. The Morgan fingerprint density at radius 2 is 1.86 bits per heavy atom. The lowest BCUT2D eigenvalue weighted by Gasteiger charge is -2.21. The van der Waals surface area contributed by atoms with Crippen molar-refractivity contribution in [3.8, 4) is 0 Å². The lowest BCUT2D eigenvalue weighted by molar-refractivity contribution is 0.177. The third-order valence-corrected chi connectivity index (χ3v) is 4.20. The number of carbonyl (C=O) groups is 1. The molecular weight excluding hydrogens is 206 g/mol. The maximum atomic E-state index is 11.5. The fourth-order valence-corrected chi connectivity index (χ4v) is 3.05. The fourth-order valence-electron chi connectivity index (χ4n) is 1.62. The Hall–Kier alpha value is -0.780. The summed E-state index contributed by atoms with van der Waals surface area (Å²) in [7, 11) is -2.37. The van der Waals surface area contributed by atoms with Crippen LogP contribution in [0.1, 0.15) is 32.1 Å². The number of sulfonamides is 1. The molecule has 1 rings (SSSR count). The van der Waals surface area contributed by atoms with E-state index in [9.17, 15) is 13.2 Å². The van der Waals surface area contributed by atoms with E-state index in [4.69, 9.17) is 0 Å². The highest BCUT2D eigenvalue weighted by Gasteiger charge is 2.28. The van der Waals surface area contributed by atoms with Crippen LogP contribution in [0.25, 0.3) is 0 Å². The monoisotopic (exact) mass is 221 g/mol. The summed E-state index contributed by atoms with van der Waals surface area (Å²) >= 11 is 0. The van der Waals surface area contributed by atoms with E-state index in [2.05, 4.69) is 4.74 Å². The Kier molecular flexibility index (Phi) is 3.74. The van der Waals surface area contributed by atoms with E-state index >= 15 is 0 Å². The van der Waals surface area contributed by atoms with Crippen molar-refractivity contribution < 1.29 is 17.9 Å². The van der Waals surface area contributed by atoms with E-state index in [1.54, 1.807) is 0 Å². The summed E-state index contributed by atoms with van der Waals surface area (Å²) in [5.74, 6) is 0. The van der Waals surface area contributed by atoms with Gasteiger partial charge >= 0.3 is 6.09 Å². The molecule has 0 aromatic rings. The molecule has 1 aliphatic rings. The molecule has 0 heterocycles. The first kappa shape index (κ1) is 11.3. The van der Waals surface area contributed by atoms with E-state index in [-0.39, 0.29) is 0 Å². The molecule has 1 aliphatic carbocycles. The normalized spacial score (nSPS) is 18.9. The van der Waals surface area contributed by atoms with Crippen molar-refractivity contribution in [2.24, 2.45) is 0 Å². The van der Waals surface area contributed by atoms with Crippen LogP contribution >= 0.6 is 0 Å². The molecule has 1 amide bonds. The smallest absolute Gasteiger partial charge is 0.420 e. The van der Waals surface area contributed by atoms with Crippen molar-refractivity contribution in [1.29, 1.82) is 0 Å². The Balaban J connectivity index is 2.59. The van der Waals surface area contributed by atoms with Gasteiger partial charge in [0.2, 0.25) is 10.0 Å². The van der Waals surface area contributed by atoms with Crippen LogP contribution in [0.2, 0.25) is 0 Å². The molecule has 0 aromatic carbocycles. The molecule has 5 nitrogen and oxygen atoms in total. The first-order valence-electron chi connectivity index (χ1n) is 4.66. The molecule has 1 N–H and O–H groups in total. The topological polar surface area (TPSA) is 72.5 Å². The van der Waals surface area contributed by atoms with Gasteiger partial charge in [0.15, 0.2) is 0 Å². The number of ether oxygens (including phenoxy) is 1. The van der Waals surface area contributed by atoms with Gasteiger partial charge in [-0.3, -0.25) is 0 Å². The lowest BCUT2D eigenvalue weighted by Crippen LogP contribution is -2.39. The maximum absolute atomic E-state index is 11.5. The van der Waals surface area contributed by atoms with Gasteiger partial charge in [0.25, 0.3) is 0 Å². The SMILES string of the molecule is COC(=O)NS(=O)(=O)C1CCCCC1. The van der Waals surface area contributed by atoms with E-state index in [1.165, 1.54) is 0 Å². The second-order valence-electron chi connectivity index (χ2n) is 3.40. The van der Waals surface area contributed by atoms with Crippen molar-refractivity contribution in [3.63, 3.8) is 0 Å². The summed E-state index contributed by atoms with van der Waals surface area (Å²) < 4.78 is 29.2. The zero-order valence-electron chi connectivity index (χ0n) is 8.15. The third kappa shape index (κ3) is 2.87. The highest BCUT2D eigenvalue weighted by molar-refractivity contribution is 7.90. The summed E-state index contributed by atoms with van der Waals surface area (Å²) in [6, 6.07) is 0. The average molecular weight is 221 g/mol. The molecule has 0 saturated heterocycles. The van der Waals surface area contributed by atoms with Gasteiger partial charge in [-0.1, -0.05) is 19.3 Å². The molecule has 1 fully saturated rings. The first-order chi connectivity index (χ1) is 6.56. The summed E-state index contributed by atoms with van der Waals surface area (Å²) in [5, 5.41) is -0.435. The van der Waals surface area contributed by atoms with Gasteiger partial charge in [-0.2, -0.15) is 0 Å². The molecule has 1 saturated carbocycles. The summed E-state index contributed by atoms with van der Waals surface area (Å²) in [6.45, 7) is 0. The first-order valence-corrected chi connectivity index (χ1v) is 6.20. The van der Waals surface area contributed by atoms with Crippen molar-refractivity contribution in [2.75, 3.05) is 7.11 Å². The highest BCUT2D eigenvalue weighted by atomic mass is 32.2. The van der Waals surface area contributed by atoms with Crippen LogP contribution in [0, 0.1) is 0 Å². The zero-order chi connectivity index (χ0) is 10.6. The standard InChI is InChI=1S/C8H15NO4S/c1-13-8(10)9-14(11,12)7-5-3-2-4-6-7/h7H,2-6H2,1H3,(H,9,10). The van der Waals surface area contributed by atoms with Crippen molar-refractivity contribution in [1.82, 2.24) is 4.72 Å². The van der Waals surface area contributed by atoms with Gasteiger partial charge < -0.3 is 4.74 Å². The Morgan fingerprint density at radius 1 is 1.29 bits per heavy atom. The van der Waals surface area contributed by atoms with Gasteiger partial charge in [-0.25, -0.2) is 17.9 Å². The predicted octanol–water partition coefficient (Wildman–Crippen LogP) is 1.00. The number of nitrogens with one attached hydrogen (secondary N) is 1. The molecule has 6 heteroatoms. The van der Waals surface area contributed by atoms with Gasteiger partial charge in [-0.15, -0.1) is 0 Å². The number of carbonyl (C=O) groups excluding carboxylic acids is 1. The lowest BCUT2D eigenvalue weighted by atomic mass is 10.0. The molecular formula is C8H15NO4S. The third-order valence-electron chi connectivity index (χ3n) is 2.40. The minimum Gasteiger partial charge on any atom is -0.452 e.